The molecule has 0 radical (unpaired) electrons. The van der Waals surface area contributed by atoms with Crippen LogP contribution >= 0.6 is 0 Å². The monoisotopic (exact) mass is 365 g/mol. The van der Waals surface area contributed by atoms with Gasteiger partial charge in [0.25, 0.3) is 0 Å². The van der Waals surface area contributed by atoms with Gasteiger partial charge in [-0.05, 0) is 47.9 Å². The molecule has 2 heterocycles. The Morgan fingerprint density at radius 1 is 0.714 bits per heavy atom. The van der Waals surface area contributed by atoms with Gasteiger partial charge in [0.2, 0.25) is 0 Å². The molecule has 0 saturated carbocycles. The maximum Gasteiger partial charge on any atom is 0.632 e. The summed E-state index contributed by atoms with van der Waals surface area (Å²) in [6, 6.07) is 24.4. The van der Waals surface area contributed by atoms with Crippen molar-refractivity contribution in [1.82, 2.24) is 0 Å². The summed E-state index contributed by atoms with van der Waals surface area (Å²) >= 11 is 0. The van der Waals surface area contributed by atoms with Crippen molar-refractivity contribution < 1.29 is 18.6 Å². The van der Waals surface area contributed by atoms with Crippen LogP contribution in [-0.2, 0) is 0 Å². The van der Waals surface area contributed by atoms with E-state index < -0.39 is 14.2 Å². The Balaban J connectivity index is 1.49. The number of nitrogens with zero attached hydrogens (tertiary/aromatic N) is 1. The van der Waals surface area contributed by atoms with Crippen molar-refractivity contribution >= 4 is 19.7 Å². The molecule has 28 heavy (non-hydrogen) atoms. The summed E-state index contributed by atoms with van der Waals surface area (Å²) in [6.07, 6.45) is 0. The molecule has 0 aliphatic carbocycles. The predicted octanol–water partition coefficient (Wildman–Crippen LogP) is 3.94. The largest absolute Gasteiger partial charge is 0.632 e. The predicted molar refractivity (Wildman–Crippen MR) is 106 cm³/mol. The van der Waals surface area contributed by atoms with E-state index in [0.29, 0.717) is 28.6 Å². The van der Waals surface area contributed by atoms with Crippen LogP contribution in [0.4, 0.5) is 0 Å². The second kappa shape index (κ2) is 6.75. The molecule has 3 aromatic carbocycles. The van der Waals surface area contributed by atoms with Gasteiger partial charge < -0.3 is 18.6 Å². The maximum atomic E-state index is 9.07. The van der Waals surface area contributed by atoms with Crippen LogP contribution in [0.25, 0.3) is 5.47 Å². The molecule has 0 spiro atoms. The number of benzene rings is 3. The highest BCUT2D eigenvalue weighted by Gasteiger charge is 2.40. The zero-order chi connectivity index (χ0) is 18.9. The van der Waals surface area contributed by atoms with E-state index in [1.54, 1.807) is 12.1 Å². The van der Waals surface area contributed by atoms with E-state index in [1.807, 2.05) is 66.6 Å². The van der Waals surface area contributed by atoms with E-state index in [0.717, 1.165) is 11.0 Å². The van der Waals surface area contributed by atoms with Gasteiger partial charge >= 0.3 is 14.2 Å². The highest BCUT2D eigenvalue weighted by molar-refractivity contribution is 6.74. The van der Waals surface area contributed by atoms with Crippen molar-refractivity contribution in [2.75, 3.05) is 0 Å². The van der Waals surface area contributed by atoms with Gasteiger partial charge in [-0.1, -0.05) is 36.4 Å². The summed E-state index contributed by atoms with van der Waals surface area (Å²) in [5.41, 5.74) is 2.21. The maximum absolute atomic E-state index is 9.07. The molecule has 5 rings (SSSR count). The highest BCUT2D eigenvalue weighted by Crippen LogP contribution is 2.38. The first-order chi connectivity index (χ1) is 13.8. The Labute approximate surface area is 163 Å². The third kappa shape index (κ3) is 2.95. The van der Waals surface area contributed by atoms with Crippen LogP contribution in [0.2, 0.25) is 0 Å². The Morgan fingerprint density at radius 3 is 1.71 bits per heavy atom. The Morgan fingerprint density at radius 2 is 1.21 bits per heavy atom. The lowest BCUT2D eigenvalue weighted by Crippen LogP contribution is -2.31. The van der Waals surface area contributed by atoms with E-state index in [1.165, 1.54) is 0 Å². The lowest BCUT2D eigenvalue weighted by atomic mass is 9.68. The molecule has 0 N–H and O–H groups in total. The van der Waals surface area contributed by atoms with Crippen LogP contribution < -0.4 is 18.6 Å². The smallest absolute Gasteiger partial charge is 0.520 e. The summed E-state index contributed by atoms with van der Waals surface area (Å²) in [5, 5.41) is 9.07. The van der Waals surface area contributed by atoms with E-state index in [4.69, 9.17) is 23.9 Å². The Kier molecular flexibility index (Phi) is 3.95. The van der Waals surface area contributed by atoms with Crippen LogP contribution in [0, 0.1) is 11.3 Å². The van der Waals surface area contributed by atoms with Crippen molar-refractivity contribution in [2.45, 2.75) is 0 Å². The molecule has 0 aromatic heterocycles. The molecule has 2 aliphatic rings. The SMILES string of the molecule is N#Cc1ccc(/C(=C/B2Oc3ccccc3O2)B2Oc3ccccc3O2)cc1. The minimum atomic E-state index is -0.638. The van der Waals surface area contributed by atoms with Crippen LogP contribution in [-0.4, -0.2) is 14.2 Å². The molecule has 0 amide bonds. The number of hydrogen-bond acceptors (Lipinski definition) is 5. The van der Waals surface area contributed by atoms with Gasteiger partial charge in [0.15, 0.2) is 0 Å². The molecular formula is C21H13B2NO4. The third-order valence-corrected chi connectivity index (χ3v) is 4.57. The van der Waals surface area contributed by atoms with Crippen LogP contribution in [0.1, 0.15) is 11.1 Å². The van der Waals surface area contributed by atoms with Crippen LogP contribution in [0.5, 0.6) is 23.0 Å². The lowest BCUT2D eigenvalue weighted by Gasteiger charge is -2.11. The first-order valence-corrected chi connectivity index (χ1v) is 8.87. The van der Waals surface area contributed by atoms with Crippen molar-refractivity contribution in [3.05, 3.63) is 89.9 Å². The van der Waals surface area contributed by atoms with Crippen molar-refractivity contribution in [2.24, 2.45) is 0 Å². The van der Waals surface area contributed by atoms with Gasteiger partial charge in [-0.2, -0.15) is 5.26 Å². The first kappa shape index (κ1) is 16.4. The first-order valence-electron chi connectivity index (χ1n) is 8.87. The van der Waals surface area contributed by atoms with Crippen molar-refractivity contribution in [3.8, 4) is 29.1 Å². The van der Waals surface area contributed by atoms with Crippen LogP contribution in [0.3, 0.4) is 0 Å². The normalized spacial score (nSPS) is 14.2. The number of nitriles is 1. The molecule has 132 valence electrons. The zero-order valence-electron chi connectivity index (χ0n) is 14.7. The minimum absolute atomic E-state index is 0.584. The number of para-hydroxylation sites is 4. The van der Waals surface area contributed by atoms with E-state index in [2.05, 4.69) is 6.07 Å². The Bertz CT molecular complexity index is 1060. The molecule has 0 fully saturated rings. The number of rotatable bonds is 3. The number of hydrogen-bond donors (Lipinski definition) is 0. The molecule has 3 aromatic rings. The molecule has 5 nitrogen and oxygen atoms in total. The fourth-order valence-electron chi connectivity index (χ4n) is 3.21. The quantitative estimate of drug-likeness (QED) is 0.659. The molecule has 7 heteroatoms. The zero-order valence-corrected chi connectivity index (χ0v) is 14.7. The average molecular weight is 365 g/mol. The lowest BCUT2D eigenvalue weighted by molar-refractivity contribution is 0.513. The van der Waals surface area contributed by atoms with Crippen LogP contribution in [0.15, 0.2) is 78.8 Å². The van der Waals surface area contributed by atoms with Gasteiger partial charge in [-0.25, -0.2) is 0 Å². The van der Waals surface area contributed by atoms with Gasteiger partial charge in [0.1, 0.15) is 23.0 Å². The molecule has 0 saturated heterocycles. The van der Waals surface area contributed by atoms with Crippen molar-refractivity contribution in [1.29, 1.82) is 5.26 Å². The summed E-state index contributed by atoms with van der Waals surface area (Å²) < 4.78 is 23.8. The van der Waals surface area contributed by atoms with Gasteiger partial charge in [0, 0.05) is 5.47 Å². The summed E-state index contributed by atoms with van der Waals surface area (Å²) in [5.74, 6) is 4.60. The second-order valence-electron chi connectivity index (χ2n) is 6.38. The van der Waals surface area contributed by atoms with Gasteiger partial charge in [-0.3, -0.25) is 0 Å². The molecular weight excluding hydrogens is 352 g/mol. The van der Waals surface area contributed by atoms with Gasteiger partial charge in [-0.15, -0.1) is 0 Å². The Hall–Kier alpha value is -3.78. The fraction of sp³-hybridized carbons (Fsp3) is 0. The van der Waals surface area contributed by atoms with E-state index in [-0.39, 0.29) is 0 Å². The summed E-state index contributed by atoms with van der Waals surface area (Å²) in [4.78, 5) is 0. The minimum Gasteiger partial charge on any atom is -0.520 e. The van der Waals surface area contributed by atoms with E-state index >= 15 is 0 Å². The highest BCUT2D eigenvalue weighted by atomic mass is 16.6. The number of fused-ring (bicyclic) bond motifs is 2. The molecule has 0 unspecified atom stereocenters. The van der Waals surface area contributed by atoms with Gasteiger partial charge in [0.05, 0.1) is 11.6 Å². The topological polar surface area (TPSA) is 60.7 Å². The molecule has 0 atom stereocenters. The summed E-state index contributed by atoms with van der Waals surface area (Å²) in [6.45, 7) is 0. The standard InChI is InChI=1S/C21H13B2NO4/c24-14-15-9-11-16(12-10-15)17(23-27-20-7-3-4-8-21(20)28-23)13-22-25-18-5-1-2-6-19(18)26-22/h1-13H/b17-13-. The average Bonchev–Trinajstić information content (AvgIpc) is 3.35. The fourth-order valence-corrected chi connectivity index (χ4v) is 3.21. The summed E-state index contributed by atoms with van der Waals surface area (Å²) in [7, 11) is -1.24. The van der Waals surface area contributed by atoms with Crippen molar-refractivity contribution in [3.63, 3.8) is 0 Å². The molecule has 2 aliphatic heterocycles. The second-order valence-corrected chi connectivity index (χ2v) is 6.38. The molecule has 0 bridgehead atoms. The third-order valence-electron chi connectivity index (χ3n) is 4.57. The van der Waals surface area contributed by atoms with E-state index in [9.17, 15) is 0 Å².